The fourth-order valence-electron chi connectivity index (χ4n) is 2.22. The number of aromatic hydroxyl groups is 1. The molecule has 0 unspecified atom stereocenters. The summed E-state index contributed by atoms with van der Waals surface area (Å²) in [6.45, 7) is 0. The third kappa shape index (κ3) is 3.89. The van der Waals surface area contributed by atoms with Gasteiger partial charge in [-0.05, 0) is 12.1 Å². The highest BCUT2D eigenvalue weighted by atomic mass is 32.1. The minimum atomic E-state index is -0.0393. The molecule has 0 aliphatic rings. The van der Waals surface area contributed by atoms with Gasteiger partial charge in [0, 0.05) is 16.5 Å². The second-order valence-corrected chi connectivity index (χ2v) is 5.91. The summed E-state index contributed by atoms with van der Waals surface area (Å²) in [6.07, 6.45) is 1.61. The number of thiazole rings is 1. The zero-order chi connectivity index (χ0) is 17.6. The molecular weight excluding hydrogens is 338 g/mol. The molecule has 0 atom stereocenters. The van der Waals surface area contributed by atoms with Crippen molar-refractivity contribution < 1.29 is 14.6 Å². The van der Waals surface area contributed by atoms with Gasteiger partial charge < -0.3 is 14.6 Å². The minimum absolute atomic E-state index is 0.0393. The molecule has 0 spiro atoms. The van der Waals surface area contributed by atoms with Gasteiger partial charge in [0.2, 0.25) is 10.9 Å². The van der Waals surface area contributed by atoms with E-state index in [0.717, 1.165) is 16.8 Å². The standard InChI is InChI=1S/C18H17N3O3S/c1-23-15-8-12(9-16(24-2)17(15)22)10-19-21-18-20-14(11-25-18)13-6-4-3-5-7-13/h3-11,22H,1-2H3,(H,20,21)/b19-10+. The largest absolute Gasteiger partial charge is 0.502 e. The fraction of sp³-hybridized carbons (Fsp3) is 0.111. The van der Waals surface area contributed by atoms with Crippen LogP contribution < -0.4 is 14.9 Å². The highest BCUT2D eigenvalue weighted by molar-refractivity contribution is 7.14. The van der Waals surface area contributed by atoms with Crippen molar-refractivity contribution in [2.24, 2.45) is 5.10 Å². The van der Waals surface area contributed by atoms with Crippen LogP contribution >= 0.6 is 11.3 Å². The molecule has 6 nitrogen and oxygen atoms in total. The molecule has 0 aliphatic heterocycles. The first kappa shape index (κ1) is 16.8. The van der Waals surface area contributed by atoms with Crippen LogP contribution in [0.15, 0.2) is 52.9 Å². The number of hydrogen-bond donors (Lipinski definition) is 2. The lowest BCUT2D eigenvalue weighted by molar-refractivity contribution is 0.340. The van der Waals surface area contributed by atoms with Gasteiger partial charge in [-0.25, -0.2) is 4.98 Å². The lowest BCUT2D eigenvalue weighted by Crippen LogP contribution is -1.94. The van der Waals surface area contributed by atoms with Gasteiger partial charge >= 0.3 is 0 Å². The molecule has 25 heavy (non-hydrogen) atoms. The van der Waals surface area contributed by atoms with Crippen LogP contribution in [-0.2, 0) is 0 Å². The Labute approximate surface area is 149 Å². The summed E-state index contributed by atoms with van der Waals surface area (Å²) in [4.78, 5) is 4.50. The van der Waals surface area contributed by atoms with Crippen molar-refractivity contribution in [2.75, 3.05) is 19.6 Å². The third-order valence-electron chi connectivity index (χ3n) is 3.45. The van der Waals surface area contributed by atoms with Crippen LogP contribution in [0.1, 0.15) is 5.56 Å². The Balaban J connectivity index is 1.73. The highest BCUT2D eigenvalue weighted by Crippen LogP contribution is 2.36. The van der Waals surface area contributed by atoms with Crippen molar-refractivity contribution >= 4 is 22.7 Å². The van der Waals surface area contributed by atoms with E-state index in [1.54, 1.807) is 18.3 Å². The van der Waals surface area contributed by atoms with Crippen molar-refractivity contribution in [1.29, 1.82) is 0 Å². The molecule has 128 valence electrons. The van der Waals surface area contributed by atoms with E-state index in [-0.39, 0.29) is 5.75 Å². The molecule has 1 aromatic heterocycles. The number of hydrogen-bond acceptors (Lipinski definition) is 7. The summed E-state index contributed by atoms with van der Waals surface area (Å²) in [7, 11) is 2.96. The number of methoxy groups -OCH3 is 2. The Kier molecular flexibility index (Phi) is 5.15. The Hall–Kier alpha value is -3.06. The number of phenols is 1. The summed E-state index contributed by atoms with van der Waals surface area (Å²) in [5, 5.41) is 16.7. The Bertz CT molecular complexity index is 853. The van der Waals surface area contributed by atoms with Crippen LogP contribution in [0.4, 0.5) is 5.13 Å². The zero-order valence-electron chi connectivity index (χ0n) is 13.8. The van der Waals surface area contributed by atoms with Gasteiger partial charge in [0.15, 0.2) is 11.5 Å². The van der Waals surface area contributed by atoms with Gasteiger partial charge in [-0.2, -0.15) is 5.10 Å². The minimum Gasteiger partial charge on any atom is -0.502 e. The van der Waals surface area contributed by atoms with Crippen LogP contribution in [0, 0.1) is 0 Å². The second kappa shape index (κ2) is 7.67. The van der Waals surface area contributed by atoms with E-state index in [1.165, 1.54) is 25.6 Å². The van der Waals surface area contributed by atoms with Gasteiger partial charge in [0.05, 0.1) is 26.1 Å². The number of rotatable bonds is 6. The molecule has 2 N–H and O–H groups in total. The number of hydrazone groups is 1. The molecule has 0 saturated heterocycles. The van der Waals surface area contributed by atoms with Gasteiger partial charge in [-0.15, -0.1) is 11.3 Å². The maximum Gasteiger partial charge on any atom is 0.203 e. The molecular formula is C18H17N3O3S. The van der Waals surface area contributed by atoms with E-state index in [0.29, 0.717) is 16.6 Å². The van der Waals surface area contributed by atoms with E-state index < -0.39 is 0 Å². The monoisotopic (exact) mass is 355 g/mol. The Morgan fingerprint density at radius 2 is 1.80 bits per heavy atom. The number of phenolic OH excluding ortho intramolecular Hbond substituents is 1. The predicted molar refractivity (Wildman–Crippen MR) is 100.0 cm³/mol. The summed E-state index contributed by atoms with van der Waals surface area (Å²) >= 11 is 1.47. The normalized spacial score (nSPS) is 10.8. The molecule has 0 radical (unpaired) electrons. The number of nitrogens with one attached hydrogen (secondary N) is 1. The summed E-state index contributed by atoms with van der Waals surface area (Å²) < 4.78 is 10.2. The Morgan fingerprint density at radius 3 is 2.44 bits per heavy atom. The fourth-order valence-corrected chi connectivity index (χ4v) is 2.89. The molecule has 0 bridgehead atoms. The predicted octanol–water partition coefficient (Wildman–Crippen LogP) is 3.98. The number of ether oxygens (including phenoxy) is 2. The van der Waals surface area contributed by atoms with Gasteiger partial charge in [0.25, 0.3) is 0 Å². The summed E-state index contributed by atoms with van der Waals surface area (Å²) in [5.74, 6) is 0.602. The quantitative estimate of drug-likeness (QED) is 0.517. The molecule has 7 heteroatoms. The molecule has 0 fully saturated rings. The lowest BCUT2D eigenvalue weighted by atomic mass is 10.2. The van der Waals surface area contributed by atoms with Crippen molar-refractivity contribution in [3.8, 4) is 28.5 Å². The molecule has 3 rings (SSSR count). The van der Waals surface area contributed by atoms with E-state index in [1.807, 2.05) is 35.7 Å². The van der Waals surface area contributed by atoms with E-state index in [9.17, 15) is 5.11 Å². The van der Waals surface area contributed by atoms with Crippen LogP contribution in [0.2, 0.25) is 0 Å². The SMILES string of the molecule is COc1cc(/C=N/Nc2nc(-c3ccccc3)cs2)cc(OC)c1O. The first-order chi connectivity index (χ1) is 12.2. The number of nitrogens with zero attached hydrogens (tertiary/aromatic N) is 2. The van der Waals surface area contributed by atoms with Gasteiger partial charge in [0.1, 0.15) is 0 Å². The van der Waals surface area contributed by atoms with Gasteiger partial charge in [-0.3, -0.25) is 5.43 Å². The average molecular weight is 355 g/mol. The average Bonchev–Trinajstić information content (AvgIpc) is 3.12. The van der Waals surface area contributed by atoms with E-state index in [2.05, 4.69) is 15.5 Å². The molecule has 0 amide bonds. The van der Waals surface area contributed by atoms with Crippen molar-refractivity contribution in [2.45, 2.75) is 0 Å². The number of aromatic nitrogens is 1. The van der Waals surface area contributed by atoms with Gasteiger partial charge in [-0.1, -0.05) is 30.3 Å². The van der Waals surface area contributed by atoms with Crippen molar-refractivity contribution in [3.63, 3.8) is 0 Å². The maximum atomic E-state index is 9.91. The maximum absolute atomic E-state index is 9.91. The van der Waals surface area contributed by atoms with E-state index >= 15 is 0 Å². The molecule has 0 aliphatic carbocycles. The number of anilines is 1. The smallest absolute Gasteiger partial charge is 0.203 e. The highest BCUT2D eigenvalue weighted by Gasteiger charge is 2.10. The van der Waals surface area contributed by atoms with E-state index in [4.69, 9.17) is 9.47 Å². The second-order valence-electron chi connectivity index (χ2n) is 5.05. The first-order valence-corrected chi connectivity index (χ1v) is 8.34. The first-order valence-electron chi connectivity index (χ1n) is 7.46. The Morgan fingerprint density at radius 1 is 1.12 bits per heavy atom. The van der Waals surface area contributed by atoms with Crippen molar-refractivity contribution in [1.82, 2.24) is 4.98 Å². The van der Waals surface area contributed by atoms with Crippen LogP contribution in [0.5, 0.6) is 17.2 Å². The van der Waals surface area contributed by atoms with Crippen LogP contribution in [0.3, 0.4) is 0 Å². The molecule has 1 heterocycles. The summed E-state index contributed by atoms with van der Waals surface area (Å²) in [5.41, 5.74) is 5.59. The number of benzene rings is 2. The topological polar surface area (TPSA) is 76.0 Å². The third-order valence-corrected chi connectivity index (χ3v) is 4.20. The van der Waals surface area contributed by atoms with Crippen LogP contribution in [0.25, 0.3) is 11.3 Å². The van der Waals surface area contributed by atoms with Crippen LogP contribution in [-0.4, -0.2) is 30.5 Å². The molecule has 0 saturated carbocycles. The molecule has 2 aromatic carbocycles. The molecule has 3 aromatic rings. The lowest BCUT2D eigenvalue weighted by Gasteiger charge is -2.09. The summed E-state index contributed by atoms with van der Waals surface area (Å²) in [6, 6.07) is 13.3. The van der Waals surface area contributed by atoms with Crippen molar-refractivity contribution in [3.05, 3.63) is 53.4 Å². The zero-order valence-corrected chi connectivity index (χ0v) is 14.6.